The number of methoxy groups -OCH3 is 1. The third kappa shape index (κ3) is 3.54. The van der Waals surface area contributed by atoms with Crippen LogP contribution in [0.1, 0.15) is 44.9 Å². The number of anilines is 1. The normalized spacial score (nSPS) is 24.8. The highest BCUT2D eigenvalue weighted by molar-refractivity contribution is 9.10. The number of ether oxygens (including phenoxy) is 2. The molecule has 1 spiro atoms. The van der Waals surface area contributed by atoms with Gasteiger partial charge in [0.05, 0.1) is 17.2 Å². The van der Waals surface area contributed by atoms with Crippen LogP contribution in [0, 0.1) is 0 Å². The Morgan fingerprint density at radius 1 is 1.29 bits per heavy atom. The smallest absolute Gasteiger partial charge is 0.135 e. The number of rotatable bonds is 3. The molecule has 0 radical (unpaired) electrons. The Hall–Kier alpha value is -0.740. The molecule has 1 atom stereocenters. The highest BCUT2D eigenvalue weighted by Gasteiger charge is 2.38. The third-order valence-electron chi connectivity index (χ3n) is 4.78. The third-order valence-corrected chi connectivity index (χ3v) is 5.43. The SMILES string of the molecule is COc1cc(NC2CCOC3(CCCCC3)C2)ccc1Br. The Kier molecular flexibility index (Phi) is 4.75. The van der Waals surface area contributed by atoms with Gasteiger partial charge in [0.25, 0.3) is 0 Å². The molecule has 1 heterocycles. The van der Waals surface area contributed by atoms with Gasteiger partial charge in [0.1, 0.15) is 5.75 Å². The van der Waals surface area contributed by atoms with Gasteiger partial charge in [-0.15, -0.1) is 0 Å². The van der Waals surface area contributed by atoms with E-state index in [2.05, 4.69) is 33.4 Å². The zero-order valence-electron chi connectivity index (χ0n) is 12.7. The van der Waals surface area contributed by atoms with Gasteiger partial charge < -0.3 is 14.8 Å². The lowest BCUT2D eigenvalue weighted by atomic mass is 9.78. The van der Waals surface area contributed by atoms with Crippen LogP contribution in [0.5, 0.6) is 5.75 Å². The topological polar surface area (TPSA) is 30.5 Å². The highest BCUT2D eigenvalue weighted by Crippen LogP contribution is 2.39. The first-order chi connectivity index (χ1) is 10.2. The Bertz CT molecular complexity index is 480. The summed E-state index contributed by atoms with van der Waals surface area (Å²) in [6, 6.07) is 6.71. The van der Waals surface area contributed by atoms with E-state index >= 15 is 0 Å². The van der Waals surface area contributed by atoms with Crippen molar-refractivity contribution in [1.29, 1.82) is 0 Å². The average Bonchev–Trinajstić information content (AvgIpc) is 2.50. The van der Waals surface area contributed by atoms with Crippen molar-refractivity contribution < 1.29 is 9.47 Å². The van der Waals surface area contributed by atoms with Gasteiger partial charge in [0.2, 0.25) is 0 Å². The van der Waals surface area contributed by atoms with E-state index in [1.807, 2.05) is 6.07 Å². The maximum absolute atomic E-state index is 6.17. The van der Waals surface area contributed by atoms with Crippen LogP contribution in [0.2, 0.25) is 0 Å². The van der Waals surface area contributed by atoms with E-state index in [1.165, 1.54) is 32.1 Å². The summed E-state index contributed by atoms with van der Waals surface area (Å²) in [5, 5.41) is 3.67. The van der Waals surface area contributed by atoms with Crippen LogP contribution in [0.15, 0.2) is 22.7 Å². The van der Waals surface area contributed by atoms with Gasteiger partial charge >= 0.3 is 0 Å². The monoisotopic (exact) mass is 353 g/mol. The molecule has 2 fully saturated rings. The summed E-state index contributed by atoms with van der Waals surface area (Å²) in [7, 11) is 1.70. The molecule has 116 valence electrons. The largest absolute Gasteiger partial charge is 0.495 e. The molecule has 1 N–H and O–H groups in total. The second kappa shape index (κ2) is 6.57. The molecule has 1 saturated carbocycles. The van der Waals surface area contributed by atoms with Crippen molar-refractivity contribution in [1.82, 2.24) is 0 Å². The molecule has 1 aliphatic carbocycles. The van der Waals surface area contributed by atoms with Gasteiger partial charge in [-0.1, -0.05) is 19.3 Å². The molecule has 1 aliphatic heterocycles. The van der Waals surface area contributed by atoms with Gasteiger partial charge in [-0.25, -0.2) is 0 Å². The van der Waals surface area contributed by atoms with Gasteiger partial charge in [-0.3, -0.25) is 0 Å². The summed E-state index contributed by atoms with van der Waals surface area (Å²) in [4.78, 5) is 0. The summed E-state index contributed by atoms with van der Waals surface area (Å²) in [6.45, 7) is 0.880. The van der Waals surface area contributed by atoms with E-state index in [4.69, 9.17) is 9.47 Å². The maximum atomic E-state index is 6.17. The first-order valence-electron chi connectivity index (χ1n) is 7.95. The molecule has 1 unspecified atom stereocenters. The van der Waals surface area contributed by atoms with Gasteiger partial charge in [0, 0.05) is 24.4 Å². The lowest BCUT2D eigenvalue weighted by molar-refractivity contribution is -0.103. The fraction of sp³-hybridized carbons (Fsp3) is 0.647. The molecule has 0 amide bonds. The van der Waals surface area contributed by atoms with E-state index < -0.39 is 0 Å². The minimum Gasteiger partial charge on any atom is -0.495 e. The predicted octanol–water partition coefficient (Wildman–Crippen LogP) is 4.75. The van der Waals surface area contributed by atoms with E-state index in [0.29, 0.717) is 6.04 Å². The lowest BCUT2D eigenvalue weighted by Crippen LogP contribution is -2.45. The lowest BCUT2D eigenvalue weighted by Gasteiger charge is -2.44. The summed E-state index contributed by atoms with van der Waals surface area (Å²) in [5.41, 5.74) is 1.28. The molecule has 4 heteroatoms. The quantitative estimate of drug-likeness (QED) is 0.850. The van der Waals surface area contributed by atoms with Crippen LogP contribution < -0.4 is 10.1 Å². The van der Waals surface area contributed by atoms with Crippen molar-refractivity contribution in [2.45, 2.75) is 56.6 Å². The average molecular weight is 354 g/mol. The summed E-state index contributed by atoms with van der Waals surface area (Å²) >= 11 is 3.50. The number of nitrogens with one attached hydrogen (secondary N) is 1. The molecule has 0 bridgehead atoms. The molecular weight excluding hydrogens is 330 g/mol. The fourth-order valence-corrected chi connectivity index (χ4v) is 4.09. The summed E-state index contributed by atoms with van der Waals surface area (Å²) in [6.07, 6.45) is 8.68. The first-order valence-corrected chi connectivity index (χ1v) is 8.74. The molecule has 1 saturated heterocycles. The highest BCUT2D eigenvalue weighted by atomic mass is 79.9. The van der Waals surface area contributed by atoms with E-state index in [9.17, 15) is 0 Å². The van der Waals surface area contributed by atoms with Crippen LogP contribution in [0.4, 0.5) is 5.69 Å². The molecule has 0 aromatic heterocycles. The number of halogens is 1. The maximum Gasteiger partial charge on any atom is 0.135 e. The van der Waals surface area contributed by atoms with E-state index in [-0.39, 0.29) is 5.60 Å². The minimum atomic E-state index is 0.146. The van der Waals surface area contributed by atoms with Crippen LogP contribution in [0.3, 0.4) is 0 Å². The Balaban J connectivity index is 1.67. The standard InChI is InChI=1S/C17H24BrNO2/c1-20-16-11-13(5-6-15(16)18)19-14-7-10-21-17(12-14)8-3-2-4-9-17/h5-6,11,14,19H,2-4,7-10,12H2,1H3. The Labute approximate surface area is 135 Å². The van der Waals surface area contributed by atoms with Crippen molar-refractivity contribution in [2.75, 3.05) is 19.0 Å². The Morgan fingerprint density at radius 2 is 2.10 bits per heavy atom. The molecular formula is C17H24BrNO2. The van der Waals surface area contributed by atoms with E-state index in [0.717, 1.165) is 35.4 Å². The van der Waals surface area contributed by atoms with Crippen molar-refractivity contribution >= 4 is 21.6 Å². The molecule has 3 nitrogen and oxygen atoms in total. The number of benzene rings is 1. The summed E-state index contributed by atoms with van der Waals surface area (Å²) < 4.78 is 12.5. The fourth-order valence-electron chi connectivity index (χ4n) is 3.68. The molecule has 3 rings (SSSR count). The molecule has 2 aliphatic rings. The first kappa shape index (κ1) is 15.2. The predicted molar refractivity (Wildman–Crippen MR) is 89.1 cm³/mol. The van der Waals surface area contributed by atoms with Gasteiger partial charge in [0.15, 0.2) is 0 Å². The Morgan fingerprint density at radius 3 is 2.86 bits per heavy atom. The summed E-state index contributed by atoms with van der Waals surface area (Å²) in [5.74, 6) is 0.874. The van der Waals surface area contributed by atoms with Crippen molar-refractivity contribution in [3.05, 3.63) is 22.7 Å². The molecule has 1 aromatic carbocycles. The second-order valence-corrected chi connectivity index (χ2v) is 7.13. The van der Waals surface area contributed by atoms with Crippen LogP contribution >= 0.6 is 15.9 Å². The zero-order chi connectivity index (χ0) is 14.7. The van der Waals surface area contributed by atoms with E-state index in [1.54, 1.807) is 7.11 Å². The number of hydrogen-bond acceptors (Lipinski definition) is 3. The van der Waals surface area contributed by atoms with Crippen molar-refractivity contribution in [2.24, 2.45) is 0 Å². The van der Waals surface area contributed by atoms with Crippen molar-refractivity contribution in [3.8, 4) is 5.75 Å². The van der Waals surface area contributed by atoms with Gasteiger partial charge in [-0.05, 0) is 53.7 Å². The van der Waals surface area contributed by atoms with Crippen LogP contribution in [-0.2, 0) is 4.74 Å². The molecule has 21 heavy (non-hydrogen) atoms. The van der Waals surface area contributed by atoms with Crippen LogP contribution in [0.25, 0.3) is 0 Å². The second-order valence-electron chi connectivity index (χ2n) is 6.28. The van der Waals surface area contributed by atoms with Crippen LogP contribution in [-0.4, -0.2) is 25.4 Å². The van der Waals surface area contributed by atoms with Gasteiger partial charge in [-0.2, -0.15) is 0 Å². The minimum absolute atomic E-state index is 0.146. The number of hydrogen-bond donors (Lipinski definition) is 1. The van der Waals surface area contributed by atoms with Crippen molar-refractivity contribution in [3.63, 3.8) is 0 Å². The zero-order valence-corrected chi connectivity index (χ0v) is 14.2. The molecule has 1 aromatic rings.